The highest BCUT2D eigenvalue weighted by Gasteiger charge is 2.31. The first kappa shape index (κ1) is 24.8. The quantitative estimate of drug-likeness (QED) is 0.311. The summed E-state index contributed by atoms with van der Waals surface area (Å²) in [4.78, 5) is 11.4. The number of aliphatic carboxylic acids is 1. The molecular weight excluding hydrogens is 388 g/mol. The molecular formula is C27H38O4. The van der Waals surface area contributed by atoms with Crippen molar-refractivity contribution in [3.05, 3.63) is 58.2 Å². The van der Waals surface area contributed by atoms with Gasteiger partial charge in [-0.2, -0.15) is 0 Å². The molecule has 0 radical (unpaired) electrons. The molecule has 1 heterocycles. The van der Waals surface area contributed by atoms with Crippen LogP contribution in [0.3, 0.4) is 0 Å². The molecule has 4 heteroatoms. The number of carboxylic acid groups (broad SMARTS) is 1. The molecule has 0 aliphatic carbocycles. The number of aryl methyl sites for hydroxylation is 2. The van der Waals surface area contributed by atoms with Crippen molar-refractivity contribution in [2.75, 3.05) is 0 Å². The van der Waals surface area contributed by atoms with E-state index in [1.165, 1.54) is 11.1 Å². The van der Waals surface area contributed by atoms with Gasteiger partial charge in [0.2, 0.25) is 0 Å². The first-order chi connectivity index (χ1) is 14.6. The van der Waals surface area contributed by atoms with Gasteiger partial charge in [-0.3, -0.25) is 0 Å². The molecule has 1 aliphatic rings. The maximum absolute atomic E-state index is 11.4. The molecule has 31 heavy (non-hydrogen) atoms. The first-order valence-electron chi connectivity index (χ1n) is 11.3. The standard InChI is InChI=1S/C27H38O4/c1-19(2)9-6-12-22(26(29)30)13-7-10-20(3)11-8-15-27(5)16-14-23-18-24(28)17-21(4)25(23)31-27/h9,11,13,17-18,28H,6-8,10,12,14-16H2,1-5H3,(H,29,30). The minimum Gasteiger partial charge on any atom is -0.508 e. The topological polar surface area (TPSA) is 66.8 Å². The van der Waals surface area contributed by atoms with E-state index in [0.717, 1.165) is 61.8 Å². The van der Waals surface area contributed by atoms with E-state index in [9.17, 15) is 15.0 Å². The van der Waals surface area contributed by atoms with Crippen LogP contribution in [0.4, 0.5) is 0 Å². The van der Waals surface area contributed by atoms with Crippen molar-refractivity contribution >= 4 is 5.97 Å². The van der Waals surface area contributed by atoms with Gasteiger partial charge in [-0.05, 0) is 109 Å². The van der Waals surface area contributed by atoms with Crippen molar-refractivity contribution < 1.29 is 19.7 Å². The Morgan fingerprint density at radius 1 is 1.10 bits per heavy atom. The molecule has 2 rings (SSSR count). The Balaban J connectivity index is 1.85. The summed E-state index contributed by atoms with van der Waals surface area (Å²) in [7, 11) is 0. The molecule has 0 saturated carbocycles. The van der Waals surface area contributed by atoms with Crippen LogP contribution in [0.2, 0.25) is 0 Å². The van der Waals surface area contributed by atoms with Gasteiger partial charge in [0.15, 0.2) is 0 Å². The number of allylic oxidation sites excluding steroid dienone is 5. The van der Waals surface area contributed by atoms with Crippen LogP contribution in [0, 0.1) is 6.92 Å². The average Bonchev–Trinajstić information content (AvgIpc) is 2.67. The van der Waals surface area contributed by atoms with E-state index in [2.05, 4.69) is 26.0 Å². The van der Waals surface area contributed by atoms with Crippen molar-refractivity contribution in [2.24, 2.45) is 0 Å². The molecule has 0 amide bonds. The van der Waals surface area contributed by atoms with Gasteiger partial charge in [0.1, 0.15) is 17.1 Å². The van der Waals surface area contributed by atoms with Crippen LogP contribution in [0.15, 0.2) is 47.1 Å². The lowest BCUT2D eigenvalue weighted by molar-refractivity contribution is -0.132. The molecule has 4 nitrogen and oxygen atoms in total. The molecule has 1 aromatic rings. The number of carbonyl (C=O) groups is 1. The highest BCUT2D eigenvalue weighted by Crippen LogP contribution is 2.39. The van der Waals surface area contributed by atoms with Crippen molar-refractivity contribution in [2.45, 2.75) is 91.6 Å². The summed E-state index contributed by atoms with van der Waals surface area (Å²) in [5, 5.41) is 19.2. The van der Waals surface area contributed by atoms with Crippen molar-refractivity contribution in [1.29, 1.82) is 0 Å². The maximum atomic E-state index is 11.4. The van der Waals surface area contributed by atoms with Gasteiger partial charge in [-0.25, -0.2) is 4.79 Å². The molecule has 170 valence electrons. The normalized spacial score (nSPS) is 18.9. The summed E-state index contributed by atoms with van der Waals surface area (Å²) in [6, 6.07) is 3.57. The van der Waals surface area contributed by atoms with Crippen molar-refractivity contribution in [3.8, 4) is 11.5 Å². The summed E-state index contributed by atoms with van der Waals surface area (Å²) in [5.41, 5.74) is 4.88. The molecule has 2 N–H and O–H groups in total. The fourth-order valence-electron chi connectivity index (χ4n) is 4.04. The number of ether oxygens (including phenoxy) is 1. The summed E-state index contributed by atoms with van der Waals surface area (Å²) in [6.45, 7) is 10.3. The lowest BCUT2D eigenvalue weighted by Crippen LogP contribution is -2.36. The second kappa shape index (κ2) is 11.2. The summed E-state index contributed by atoms with van der Waals surface area (Å²) in [6.07, 6.45) is 12.9. The second-order valence-corrected chi connectivity index (χ2v) is 9.29. The predicted molar refractivity (Wildman–Crippen MR) is 127 cm³/mol. The van der Waals surface area contributed by atoms with Gasteiger partial charge in [0.25, 0.3) is 0 Å². The summed E-state index contributed by atoms with van der Waals surface area (Å²) in [5.74, 6) is 0.417. The molecule has 1 aromatic carbocycles. The third-order valence-electron chi connectivity index (χ3n) is 5.94. The third-order valence-corrected chi connectivity index (χ3v) is 5.94. The lowest BCUT2D eigenvalue weighted by atomic mass is 9.87. The number of fused-ring (bicyclic) bond motifs is 1. The van der Waals surface area contributed by atoms with Crippen LogP contribution in [0.5, 0.6) is 11.5 Å². The molecule has 0 bridgehead atoms. The number of hydrogen-bond acceptors (Lipinski definition) is 3. The predicted octanol–water partition coefficient (Wildman–Crippen LogP) is 7.05. The largest absolute Gasteiger partial charge is 0.508 e. The van der Waals surface area contributed by atoms with Gasteiger partial charge in [0.05, 0.1) is 0 Å². The van der Waals surface area contributed by atoms with Crippen LogP contribution < -0.4 is 4.74 Å². The van der Waals surface area contributed by atoms with Gasteiger partial charge in [-0.1, -0.05) is 29.4 Å². The Morgan fingerprint density at radius 2 is 1.81 bits per heavy atom. The number of hydrogen-bond donors (Lipinski definition) is 2. The monoisotopic (exact) mass is 426 g/mol. The molecule has 1 atom stereocenters. The average molecular weight is 427 g/mol. The molecule has 0 saturated heterocycles. The number of phenolic OH excluding ortho intramolecular Hbond substituents is 1. The Bertz CT molecular complexity index is 871. The zero-order valence-corrected chi connectivity index (χ0v) is 19.8. The highest BCUT2D eigenvalue weighted by molar-refractivity contribution is 5.86. The SMILES string of the molecule is CC(C)=CCCC(=CCCC(C)=CCCC1(C)CCc2cc(O)cc(C)c2O1)C(=O)O. The van der Waals surface area contributed by atoms with E-state index < -0.39 is 5.97 Å². The highest BCUT2D eigenvalue weighted by atomic mass is 16.5. The minimum absolute atomic E-state index is 0.202. The van der Waals surface area contributed by atoms with Gasteiger partial charge < -0.3 is 14.9 Å². The van der Waals surface area contributed by atoms with Crippen molar-refractivity contribution in [3.63, 3.8) is 0 Å². The number of rotatable bonds is 10. The second-order valence-electron chi connectivity index (χ2n) is 9.29. The molecule has 0 aromatic heterocycles. The van der Waals surface area contributed by atoms with E-state index in [4.69, 9.17) is 4.74 Å². The van der Waals surface area contributed by atoms with Gasteiger partial charge in [0, 0.05) is 5.57 Å². The lowest BCUT2D eigenvalue weighted by Gasteiger charge is -2.36. The van der Waals surface area contributed by atoms with E-state index in [1.807, 2.05) is 32.9 Å². The third kappa shape index (κ3) is 7.93. The van der Waals surface area contributed by atoms with Gasteiger partial charge in [-0.15, -0.1) is 0 Å². The molecule has 0 spiro atoms. The fourth-order valence-corrected chi connectivity index (χ4v) is 4.04. The van der Waals surface area contributed by atoms with Crippen LogP contribution in [-0.4, -0.2) is 21.8 Å². The molecule has 1 aliphatic heterocycles. The zero-order chi connectivity index (χ0) is 23.0. The first-order valence-corrected chi connectivity index (χ1v) is 11.3. The van der Waals surface area contributed by atoms with Crippen LogP contribution in [0.25, 0.3) is 0 Å². The van der Waals surface area contributed by atoms with E-state index in [1.54, 1.807) is 6.07 Å². The number of carboxylic acids is 1. The molecule has 0 fully saturated rings. The maximum Gasteiger partial charge on any atom is 0.331 e. The Kier molecular flexibility index (Phi) is 8.97. The van der Waals surface area contributed by atoms with Crippen LogP contribution >= 0.6 is 0 Å². The minimum atomic E-state index is -0.810. The van der Waals surface area contributed by atoms with Crippen molar-refractivity contribution in [1.82, 2.24) is 0 Å². The molecule has 1 unspecified atom stereocenters. The Hall–Kier alpha value is -2.49. The fraction of sp³-hybridized carbons (Fsp3) is 0.519. The summed E-state index contributed by atoms with van der Waals surface area (Å²) >= 11 is 0. The van der Waals surface area contributed by atoms with Gasteiger partial charge >= 0.3 is 5.97 Å². The zero-order valence-electron chi connectivity index (χ0n) is 19.8. The van der Waals surface area contributed by atoms with E-state index >= 15 is 0 Å². The van der Waals surface area contributed by atoms with Crippen LogP contribution in [0.1, 0.15) is 83.8 Å². The van der Waals surface area contributed by atoms with E-state index in [-0.39, 0.29) is 5.60 Å². The smallest absolute Gasteiger partial charge is 0.331 e. The Labute approximate surface area is 187 Å². The summed E-state index contributed by atoms with van der Waals surface area (Å²) < 4.78 is 6.36. The van der Waals surface area contributed by atoms with Crippen LogP contribution in [-0.2, 0) is 11.2 Å². The number of aromatic hydroxyl groups is 1. The number of benzene rings is 1. The Morgan fingerprint density at radius 3 is 2.48 bits per heavy atom. The number of phenols is 1. The van der Waals surface area contributed by atoms with E-state index in [0.29, 0.717) is 17.7 Å².